The molecule has 0 aliphatic heterocycles. The molecule has 0 unspecified atom stereocenters. The Hall–Kier alpha value is -2.80. The number of methoxy groups -OCH3 is 1. The average molecular weight is 419 g/mol. The first-order chi connectivity index (χ1) is 13.8. The van der Waals surface area contributed by atoms with Crippen molar-refractivity contribution < 1.29 is 23.5 Å². The summed E-state index contributed by atoms with van der Waals surface area (Å²) < 4.78 is 23.8. The summed E-state index contributed by atoms with van der Waals surface area (Å²) in [6, 6.07) is 10.9. The lowest BCUT2D eigenvalue weighted by atomic mass is 9.44. The van der Waals surface area contributed by atoms with E-state index in [9.17, 15) is 14.0 Å². The van der Waals surface area contributed by atoms with Gasteiger partial charge in [-0.05, 0) is 55.7 Å². The van der Waals surface area contributed by atoms with Gasteiger partial charge >= 0.3 is 0 Å². The summed E-state index contributed by atoms with van der Waals surface area (Å²) in [5.74, 6) is -0.0887. The first-order valence-electron chi connectivity index (χ1n) is 9.18. The number of rotatable bonds is 7. The van der Waals surface area contributed by atoms with E-state index in [1.165, 1.54) is 12.1 Å². The van der Waals surface area contributed by atoms with Gasteiger partial charge in [-0.2, -0.15) is 0 Å². The van der Waals surface area contributed by atoms with Crippen LogP contribution < -0.4 is 20.1 Å². The summed E-state index contributed by atoms with van der Waals surface area (Å²) in [5, 5.41) is 6.02. The van der Waals surface area contributed by atoms with E-state index in [2.05, 4.69) is 10.6 Å². The second kappa shape index (κ2) is 7.22. The molecule has 29 heavy (non-hydrogen) atoms. The molecule has 3 fully saturated rings. The molecule has 5 rings (SSSR count). The molecule has 0 radical (unpaired) electrons. The Bertz CT molecular complexity index is 944. The van der Waals surface area contributed by atoms with Crippen LogP contribution in [0.1, 0.15) is 29.6 Å². The van der Waals surface area contributed by atoms with E-state index in [4.69, 9.17) is 21.1 Å². The number of hydrogen-bond donors (Lipinski definition) is 2. The van der Waals surface area contributed by atoms with Gasteiger partial charge in [0.2, 0.25) is 0 Å². The minimum atomic E-state index is -0.599. The number of ether oxygens (including phenoxy) is 2. The maximum atomic E-state index is 13.4. The number of benzene rings is 2. The van der Waals surface area contributed by atoms with Gasteiger partial charge in [-0.3, -0.25) is 9.59 Å². The predicted molar refractivity (Wildman–Crippen MR) is 105 cm³/mol. The summed E-state index contributed by atoms with van der Waals surface area (Å²) >= 11 is 5.62. The van der Waals surface area contributed by atoms with Crippen molar-refractivity contribution >= 4 is 23.4 Å². The summed E-state index contributed by atoms with van der Waals surface area (Å²) in [7, 11) is 1.57. The summed E-state index contributed by atoms with van der Waals surface area (Å²) in [6.45, 7) is -0.214. The van der Waals surface area contributed by atoms with Gasteiger partial charge in [-0.15, -0.1) is 0 Å². The number of hydrogen-bond acceptors (Lipinski definition) is 4. The van der Waals surface area contributed by atoms with Crippen molar-refractivity contribution in [1.82, 2.24) is 10.6 Å². The third-order valence-corrected chi connectivity index (χ3v) is 5.73. The van der Waals surface area contributed by atoms with Crippen LogP contribution in [0.3, 0.4) is 0 Å². The highest BCUT2D eigenvalue weighted by Gasteiger charge is 2.69. The lowest BCUT2D eigenvalue weighted by Gasteiger charge is -2.70. The molecule has 2 bridgehead atoms. The van der Waals surface area contributed by atoms with Crippen LogP contribution in [0, 0.1) is 5.82 Å². The molecular weight excluding hydrogens is 399 g/mol. The molecule has 2 aromatic rings. The van der Waals surface area contributed by atoms with E-state index in [1.54, 1.807) is 31.4 Å². The molecule has 152 valence electrons. The summed E-state index contributed by atoms with van der Waals surface area (Å²) in [4.78, 5) is 24.6. The van der Waals surface area contributed by atoms with Gasteiger partial charge in [0.25, 0.3) is 11.8 Å². The van der Waals surface area contributed by atoms with Crippen LogP contribution in [0.5, 0.6) is 11.5 Å². The monoisotopic (exact) mass is 418 g/mol. The van der Waals surface area contributed by atoms with Gasteiger partial charge in [-0.25, -0.2) is 4.39 Å². The van der Waals surface area contributed by atoms with E-state index < -0.39 is 5.82 Å². The van der Waals surface area contributed by atoms with Crippen LogP contribution in [-0.4, -0.2) is 36.6 Å². The van der Waals surface area contributed by atoms with E-state index in [0.717, 1.165) is 6.07 Å². The van der Waals surface area contributed by atoms with Crippen LogP contribution in [0.15, 0.2) is 42.5 Å². The van der Waals surface area contributed by atoms with Crippen molar-refractivity contribution in [3.05, 3.63) is 58.9 Å². The number of halogens is 2. The maximum Gasteiger partial charge on any atom is 0.258 e. The number of carbonyl (C=O) groups is 2. The fourth-order valence-corrected chi connectivity index (χ4v) is 4.27. The zero-order chi connectivity index (χ0) is 20.6. The third kappa shape index (κ3) is 3.87. The number of amides is 2. The Kier molecular flexibility index (Phi) is 4.86. The van der Waals surface area contributed by atoms with Crippen LogP contribution in [0.2, 0.25) is 5.02 Å². The Morgan fingerprint density at radius 1 is 1.03 bits per heavy atom. The third-order valence-electron chi connectivity index (χ3n) is 5.43. The molecule has 0 atom stereocenters. The first-order valence-corrected chi connectivity index (χ1v) is 9.55. The molecule has 3 aliphatic rings. The van der Waals surface area contributed by atoms with Crippen LogP contribution >= 0.6 is 11.6 Å². The first kappa shape index (κ1) is 19.5. The van der Waals surface area contributed by atoms with Gasteiger partial charge < -0.3 is 20.1 Å². The molecule has 2 N–H and O–H groups in total. The smallest absolute Gasteiger partial charge is 0.258 e. The fraction of sp³-hybridized carbons (Fsp3) is 0.333. The van der Waals surface area contributed by atoms with Crippen molar-refractivity contribution in [1.29, 1.82) is 0 Å². The molecular formula is C21H20ClFN2O4. The van der Waals surface area contributed by atoms with E-state index in [-0.39, 0.29) is 40.3 Å². The summed E-state index contributed by atoms with van der Waals surface area (Å²) in [5.41, 5.74) is 0.0146. The van der Waals surface area contributed by atoms with Gasteiger partial charge in [-0.1, -0.05) is 11.6 Å². The summed E-state index contributed by atoms with van der Waals surface area (Å²) in [6.07, 6.45) is 2.05. The highest BCUT2D eigenvalue weighted by Crippen LogP contribution is 2.60. The molecule has 2 amide bonds. The Morgan fingerprint density at radius 2 is 1.66 bits per heavy atom. The van der Waals surface area contributed by atoms with Gasteiger partial charge in [0.05, 0.1) is 12.1 Å². The average Bonchev–Trinajstić information content (AvgIpc) is 2.66. The van der Waals surface area contributed by atoms with Crippen LogP contribution in [-0.2, 0) is 4.79 Å². The lowest BCUT2D eigenvalue weighted by Crippen LogP contribution is -2.84. The lowest BCUT2D eigenvalue weighted by molar-refractivity contribution is -0.141. The second-order valence-corrected chi connectivity index (χ2v) is 8.09. The zero-order valence-electron chi connectivity index (χ0n) is 15.8. The second-order valence-electron chi connectivity index (χ2n) is 7.69. The molecule has 0 spiro atoms. The molecule has 8 heteroatoms. The molecule has 0 heterocycles. The van der Waals surface area contributed by atoms with Crippen LogP contribution in [0.4, 0.5) is 4.39 Å². The van der Waals surface area contributed by atoms with Gasteiger partial charge in [0.1, 0.15) is 17.3 Å². The number of nitrogens with one attached hydrogen (secondary N) is 2. The van der Waals surface area contributed by atoms with Crippen molar-refractivity contribution in [2.24, 2.45) is 0 Å². The van der Waals surface area contributed by atoms with E-state index >= 15 is 0 Å². The van der Waals surface area contributed by atoms with Crippen LogP contribution in [0.25, 0.3) is 0 Å². The van der Waals surface area contributed by atoms with E-state index in [0.29, 0.717) is 30.6 Å². The largest absolute Gasteiger partial charge is 0.497 e. The minimum Gasteiger partial charge on any atom is -0.497 e. The zero-order valence-corrected chi connectivity index (χ0v) is 16.5. The fourth-order valence-electron chi connectivity index (χ4n) is 4.16. The van der Waals surface area contributed by atoms with Crippen molar-refractivity contribution in [2.75, 3.05) is 13.7 Å². The quantitative estimate of drug-likeness (QED) is 0.724. The highest BCUT2D eigenvalue weighted by molar-refractivity contribution is 6.30. The van der Waals surface area contributed by atoms with Crippen molar-refractivity contribution in [3.8, 4) is 11.5 Å². The molecule has 6 nitrogen and oxygen atoms in total. The van der Waals surface area contributed by atoms with Gasteiger partial charge in [0.15, 0.2) is 6.61 Å². The Labute approximate surface area is 172 Å². The number of carbonyl (C=O) groups excluding carboxylic acids is 2. The topological polar surface area (TPSA) is 76.7 Å². The molecule has 3 saturated carbocycles. The predicted octanol–water partition coefficient (Wildman–Crippen LogP) is 3.09. The Balaban J connectivity index is 1.23. The molecule has 0 aromatic heterocycles. The minimum absolute atomic E-state index is 0.00217. The van der Waals surface area contributed by atoms with E-state index in [1.807, 2.05) is 0 Å². The normalized spacial score (nSPS) is 24.0. The SMILES string of the molecule is COc1ccc(C(=O)NC23CC(NC(=O)COc4ccc(Cl)c(F)c4)(C2)C3)cc1. The van der Waals surface area contributed by atoms with Gasteiger partial charge in [0, 0.05) is 22.7 Å². The maximum absolute atomic E-state index is 13.4. The molecule has 0 saturated heterocycles. The Morgan fingerprint density at radius 3 is 2.28 bits per heavy atom. The highest BCUT2D eigenvalue weighted by atomic mass is 35.5. The standard InChI is InChI=1S/C21H20ClFN2O4/c1-28-14-4-2-13(3-5-14)19(27)25-21-10-20(11-21,12-21)24-18(26)9-29-15-6-7-16(22)17(23)8-15/h2-8H,9-12H2,1H3,(H,24,26)(H,25,27). The van der Waals surface area contributed by atoms with Crippen molar-refractivity contribution in [2.45, 2.75) is 30.3 Å². The van der Waals surface area contributed by atoms with Crippen molar-refractivity contribution in [3.63, 3.8) is 0 Å². The molecule has 3 aliphatic carbocycles. The molecule has 2 aromatic carbocycles.